The number of ether oxygens (including phenoxy) is 1. The number of Topliss-reactive ketones (excluding diaryl/α,β-unsaturated/α-hetero) is 1. The molecule has 2 aromatic rings. The Balaban J connectivity index is 2.50. The van der Waals surface area contributed by atoms with Gasteiger partial charge in [-0.05, 0) is 62.4 Å². The van der Waals surface area contributed by atoms with E-state index in [4.69, 9.17) is 4.74 Å². The molecular weight excluding hydrogens is 356 g/mol. The second-order valence-corrected chi connectivity index (χ2v) is 7.49. The quantitative estimate of drug-likeness (QED) is 0.770. The third-order valence-electron chi connectivity index (χ3n) is 4.75. The molecule has 6 heteroatoms. The maximum atomic E-state index is 13.1. The molecule has 0 radical (unpaired) electrons. The molecule has 0 aliphatic rings. The topological polar surface area (TPSA) is 92.3 Å². The normalized spacial score (nSPS) is 11.9. The van der Waals surface area contributed by atoms with Gasteiger partial charge in [-0.15, -0.1) is 0 Å². The number of carbonyl (C=O) groups excluding carboxylic acids is 1. The van der Waals surface area contributed by atoms with Crippen molar-refractivity contribution in [3.8, 4) is 17.7 Å². The van der Waals surface area contributed by atoms with Gasteiger partial charge in [0.15, 0.2) is 6.10 Å². The average molecular weight is 382 g/mol. The van der Waals surface area contributed by atoms with Crippen LogP contribution in [0.2, 0.25) is 0 Å². The van der Waals surface area contributed by atoms with Crippen LogP contribution in [-0.4, -0.2) is 21.6 Å². The number of aromatic hydroxyl groups is 1. The molecule has 0 saturated heterocycles. The molecule has 28 heavy (non-hydrogen) atoms. The minimum atomic E-state index is -0.900. The lowest BCUT2D eigenvalue weighted by molar-refractivity contribution is 0.0812. The Morgan fingerprint density at radius 1 is 1.21 bits per heavy atom. The van der Waals surface area contributed by atoms with Gasteiger partial charge in [0, 0.05) is 6.54 Å². The van der Waals surface area contributed by atoms with Gasteiger partial charge in [0.25, 0.3) is 5.56 Å². The van der Waals surface area contributed by atoms with E-state index in [9.17, 15) is 20.0 Å². The van der Waals surface area contributed by atoms with E-state index in [0.717, 1.165) is 15.7 Å². The van der Waals surface area contributed by atoms with Crippen LogP contribution in [0, 0.1) is 38.0 Å². The Labute approximate surface area is 165 Å². The first-order valence-corrected chi connectivity index (χ1v) is 9.23. The Morgan fingerprint density at radius 3 is 2.39 bits per heavy atom. The fourth-order valence-corrected chi connectivity index (χ4v) is 3.03. The van der Waals surface area contributed by atoms with Crippen molar-refractivity contribution < 1.29 is 14.6 Å². The van der Waals surface area contributed by atoms with Crippen LogP contribution >= 0.6 is 0 Å². The third-order valence-corrected chi connectivity index (χ3v) is 4.75. The van der Waals surface area contributed by atoms with E-state index < -0.39 is 23.3 Å². The lowest BCUT2D eigenvalue weighted by Crippen LogP contribution is -2.31. The van der Waals surface area contributed by atoms with Crippen LogP contribution in [-0.2, 0) is 6.54 Å². The van der Waals surface area contributed by atoms with Crippen LogP contribution < -0.4 is 10.3 Å². The summed E-state index contributed by atoms with van der Waals surface area (Å²) in [6.45, 7) is 11.0. The summed E-state index contributed by atoms with van der Waals surface area (Å²) in [5, 5.41) is 20.1. The second-order valence-electron chi connectivity index (χ2n) is 7.49. The first-order chi connectivity index (χ1) is 13.1. The SMILES string of the molecule is Cc1ccc(OC(C)C(=O)c2c(C)c(C#N)c(=O)n(CC(C)C)c2O)cc1C. The van der Waals surface area contributed by atoms with E-state index in [1.54, 1.807) is 13.0 Å². The van der Waals surface area contributed by atoms with E-state index in [1.165, 1.54) is 6.92 Å². The number of ketones is 1. The van der Waals surface area contributed by atoms with Gasteiger partial charge in [-0.1, -0.05) is 19.9 Å². The van der Waals surface area contributed by atoms with Crippen molar-refractivity contribution >= 4 is 5.78 Å². The van der Waals surface area contributed by atoms with Crippen LogP contribution in [0.1, 0.15) is 53.4 Å². The largest absolute Gasteiger partial charge is 0.494 e. The molecule has 1 aromatic heterocycles. The number of aryl methyl sites for hydroxylation is 2. The van der Waals surface area contributed by atoms with E-state index in [-0.39, 0.29) is 29.2 Å². The molecule has 1 unspecified atom stereocenters. The van der Waals surface area contributed by atoms with Crippen LogP contribution in [0.25, 0.3) is 0 Å². The Morgan fingerprint density at radius 2 is 1.86 bits per heavy atom. The van der Waals surface area contributed by atoms with Crippen molar-refractivity contribution in [1.29, 1.82) is 5.26 Å². The highest BCUT2D eigenvalue weighted by Crippen LogP contribution is 2.26. The van der Waals surface area contributed by atoms with Crippen LogP contribution in [0.4, 0.5) is 0 Å². The fourth-order valence-electron chi connectivity index (χ4n) is 3.03. The van der Waals surface area contributed by atoms with Crippen LogP contribution in [0.3, 0.4) is 0 Å². The van der Waals surface area contributed by atoms with Gasteiger partial charge in [0.1, 0.15) is 17.4 Å². The highest BCUT2D eigenvalue weighted by molar-refractivity contribution is 6.03. The third kappa shape index (κ3) is 4.09. The molecule has 2 rings (SSSR count). The Bertz CT molecular complexity index is 1010. The molecule has 1 aromatic carbocycles. The molecule has 0 fully saturated rings. The minimum absolute atomic E-state index is 0.0463. The molecule has 0 amide bonds. The summed E-state index contributed by atoms with van der Waals surface area (Å²) in [6.07, 6.45) is -0.900. The highest BCUT2D eigenvalue weighted by atomic mass is 16.5. The molecule has 0 saturated carbocycles. The molecule has 0 aliphatic heterocycles. The van der Waals surface area contributed by atoms with Crippen molar-refractivity contribution in [1.82, 2.24) is 4.57 Å². The van der Waals surface area contributed by atoms with Gasteiger partial charge in [0.2, 0.25) is 11.7 Å². The van der Waals surface area contributed by atoms with Gasteiger partial charge in [-0.25, -0.2) is 0 Å². The molecule has 148 valence electrons. The molecular formula is C22H26N2O4. The summed E-state index contributed by atoms with van der Waals surface area (Å²) >= 11 is 0. The lowest BCUT2D eigenvalue weighted by Gasteiger charge is -2.20. The maximum absolute atomic E-state index is 13.1. The summed E-state index contributed by atoms with van der Waals surface area (Å²) in [5.74, 6) is -0.319. The monoisotopic (exact) mass is 382 g/mol. The fraction of sp³-hybridized carbons (Fsp3) is 0.409. The molecule has 0 spiro atoms. The number of nitrogens with zero attached hydrogens (tertiary/aromatic N) is 2. The summed E-state index contributed by atoms with van der Waals surface area (Å²) in [4.78, 5) is 25.6. The molecule has 1 heterocycles. The van der Waals surface area contributed by atoms with Gasteiger partial charge in [0.05, 0.1) is 5.56 Å². The zero-order valence-corrected chi connectivity index (χ0v) is 17.2. The van der Waals surface area contributed by atoms with Crippen molar-refractivity contribution in [3.63, 3.8) is 0 Å². The lowest BCUT2D eigenvalue weighted by atomic mass is 9.98. The highest BCUT2D eigenvalue weighted by Gasteiger charge is 2.28. The predicted octanol–water partition coefficient (Wildman–Crippen LogP) is 3.66. The van der Waals surface area contributed by atoms with Crippen LogP contribution in [0.5, 0.6) is 11.6 Å². The number of aromatic nitrogens is 1. The second kappa shape index (κ2) is 8.30. The maximum Gasteiger partial charge on any atom is 0.271 e. The zero-order chi connectivity index (χ0) is 21.2. The van der Waals surface area contributed by atoms with Gasteiger partial charge in [-0.2, -0.15) is 5.26 Å². The number of rotatable bonds is 6. The van der Waals surface area contributed by atoms with Gasteiger partial charge in [-0.3, -0.25) is 14.2 Å². The first kappa shape index (κ1) is 21.2. The molecule has 1 N–H and O–H groups in total. The molecule has 0 bridgehead atoms. The number of hydrogen-bond acceptors (Lipinski definition) is 5. The minimum Gasteiger partial charge on any atom is -0.494 e. The average Bonchev–Trinajstić information content (AvgIpc) is 2.62. The molecule has 1 atom stereocenters. The summed E-state index contributed by atoms with van der Waals surface area (Å²) in [7, 11) is 0. The van der Waals surface area contributed by atoms with Gasteiger partial charge >= 0.3 is 0 Å². The smallest absolute Gasteiger partial charge is 0.271 e. The predicted molar refractivity (Wildman–Crippen MR) is 107 cm³/mol. The summed E-state index contributed by atoms with van der Waals surface area (Å²) in [6, 6.07) is 7.38. The number of carbonyl (C=O) groups is 1. The molecule has 6 nitrogen and oxygen atoms in total. The standard InChI is InChI=1S/C22H26N2O4/c1-12(2)11-24-21(26)18(10-23)15(5)19(22(24)27)20(25)16(6)28-17-8-7-13(3)14(4)9-17/h7-9,12,16,27H,11H2,1-6H3. The number of pyridine rings is 1. The van der Waals surface area contributed by atoms with E-state index in [0.29, 0.717) is 5.75 Å². The van der Waals surface area contributed by atoms with Crippen molar-refractivity contribution in [2.24, 2.45) is 5.92 Å². The number of hydrogen-bond donors (Lipinski definition) is 1. The van der Waals surface area contributed by atoms with Crippen molar-refractivity contribution in [2.75, 3.05) is 0 Å². The van der Waals surface area contributed by atoms with E-state index in [1.807, 2.05) is 45.9 Å². The first-order valence-electron chi connectivity index (χ1n) is 9.23. The molecule has 0 aliphatic carbocycles. The van der Waals surface area contributed by atoms with Gasteiger partial charge < -0.3 is 9.84 Å². The zero-order valence-electron chi connectivity index (χ0n) is 17.2. The van der Waals surface area contributed by atoms with Crippen LogP contribution in [0.15, 0.2) is 23.0 Å². The van der Waals surface area contributed by atoms with Crippen molar-refractivity contribution in [2.45, 2.75) is 54.2 Å². The summed E-state index contributed by atoms with van der Waals surface area (Å²) in [5.41, 5.74) is 1.54. The van der Waals surface area contributed by atoms with E-state index in [2.05, 4.69) is 0 Å². The van der Waals surface area contributed by atoms with E-state index >= 15 is 0 Å². The number of benzene rings is 1. The number of nitriles is 1. The Kier molecular flexibility index (Phi) is 6.30. The van der Waals surface area contributed by atoms with Crippen molar-refractivity contribution in [3.05, 3.63) is 56.4 Å². The summed E-state index contributed by atoms with van der Waals surface area (Å²) < 4.78 is 6.86. The Hall–Kier alpha value is -3.07.